The van der Waals surface area contributed by atoms with Crippen LogP contribution in [0.15, 0.2) is 30.0 Å². The van der Waals surface area contributed by atoms with Crippen molar-refractivity contribution in [3.63, 3.8) is 0 Å². The number of anilines is 1. The van der Waals surface area contributed by atoms with E-state index in [4.69, 9.17) is 5.11 Å². The summed E-state index contributed by atoms with van der Waals surface area (Å²) in [6.45, 7) is 4.24. The van der Waals surface area contributed by atoms with Crippen molar-refractivity contribution in [1.29, 1.82) is 0 Å². The molecule has 3 heterocycles. The highest BCUT2D eigenvalue weighted by atomic mass is 32.1. The van der Waals surface area contributed by atoms with Gasteiger partial charge in [-0.3, -0.25) is 9.88 Å². The number of rotatable bonds is 4. The van der Waals surface area contributed by atoms with E-state index in [-0.39, 0.29) is 0 Å². The van der Waals surface area contributed by atoms with Gasteiger partial charge in [0.1, 0.15) is 10.7 Å². The standard InChI is InChI=1S/C14H16N4O2S/c19-14(20)13-11(1-8-21-13)10-17-4-6-18(7-5-17)12-9-15-2-3-16-12/h1-3,8-9H,4-7,10H2,(H,19,20). The van der Waals surface area contributed by atoms with E-state index in [1.54, 1.807) is 18.6 Å². The Morgan fingerprint density at radius 2 is 2.10 bits per heavy atom. The molecule has 0 unspecified atom stereocenters. The Morgan fingerprint density at radius 1 is 1.29 bits per heavy atom. The summed E-state index contributed by atoms with van der Waals surface area (Å²) in [6.07, 6.45) is 5.15. The molecule has 21 heavy (non-hydrogen) atoms. The second kappa shape index (κ2) is 6.19. The third-order valence-electron chi connectivity index (χ3n) is 3.58. The number of piperazine rings is 1. The van der Waals surface area contributed by atoms with Gasteiger partial charge in [-0.25, -0.2) is 9.78 Å². The maximum Gasteiger partial charge on any atom is 0.346 e. The maximum absolute atomic E-state index is 11.1. The molecule has 0 bridgehead atoms. The van der Waals surface area contributed by atoms with Crippen molar-refractivity contribution in [1.82, 2.24) is 14.9 Å². The summed E-state index contributed by atoms with van der Waals surface area (Å²) in [5.41, 5.74) is 0.903. The van der Waals surface area contributed by atoms with Crippen molar-refractivity contribution in [2.24, 2.45) is 0 Å². The number of aromatic nitrogens is 2. The Labute approximate surface area is 126 Å². The number of carboxylic acids is 1. The van der Waals surface area contributed by atoms with Crippen molar-refractivity contribution in [2.75, 3.05) is 31.1 Å². The molecular formula is C14H16N4O2S. The molecule has 110 valence electrons. The monoisotopic (exact) mass is 304 g/mol. The van der Waals surface area contributed by atoms with Crippen LogP contribution in [-0.4, -0.2) is 52.1 Å². The van der Waals surface area contributed by atoms with Gasteiger partial charge in [-0.2, -0.15) is 0 Å². The van der Waals surface area contributed by atoms with Crippen molar-refractivity contribution in [2.45, 2.75) is 6.54 Å². The molecule has 1 N–H and O–H groups in total. The van der Waals surface area contributed by atoms with Crippen LogP contribution in [0.1, 0.15) is 15.2 Å². The number of carboxylic acid groups (broad SMARTS) is 1. The van der Waals surface area contributed by atoms with E-state index in [0.29, 0.717) is 11.4 Å². The fourth-order valence-corrected chi connectivity index (χ4v) is 3.23. The van der Waals surface area contributed by atoms with Crippen molar-refractivity contribution >= 4 is 23.1 Å². The van der Waals surface area contributed by atoms with E-state index in [2.05, 4.69) is 19.8 Å². The van der Waals surface area contributed by atoms with E-state index in [1.807, 2.05) is 11.4 Å². The zero-order valence-corrected chi connectivity index (χ0v) is 12.3. The minimum absolute atomic E-state index is 0.450. The lowest BCUT2D eigenvalue weighted by Crippen LogP contribution is -2.46. The van der Waals surface area contributed by atoms with E-state index in [0.717, 1.165) is 37.6 Å². The zero-order valence-electron chi connectivity index (χ0n) is 11.5. The molecule has 0 spiro atoms. The molecule has 0 aromatic carbocycles. The molecule has 0 saturated carbocycles. The van der Waals surface area contributed by atoms with Crippen LogP contribution < -0.4 is 4.90 Å². The Hall–Kier alpha value is -1.99. The predicted octanol–water partition coefficient (Wildman–Crippen LogP) is 1.56. The van der Waals surface area contributed by atoms with E-state index >= 15 is 0 Å². The summed E-state index contributed by atoms with van der Waals surface area (Å²) in [4.78, 5) is 24.5. The van der Waals surface area contributed by atoms with Gasteiger partial charge in [0.15, 0.2) is 0 Å². The fourth-order valence-electron chi connectivity index (χ4n) is 2.48. The van der Waals surface area contributed by atoms with Crippen LogP contribution in [0.25, 0.3) is 0 Å². The van der Waals surface area contributed by atoms with Gasteiger partial charge in [0.25, 0.3) is 0 Å². The first-order valence-corrected chi connectivity index (χ1v) is 7.65. The Balaban J connectivity index is 1.59. The highest BCUT2D eigenvalue weighted by molar-refractivity contribution is 7.12. The van der Waals surface area contributed by atoms with Crippen molar-refractivity contribution < 1.29 is 9.90 Å². The molecule has 1 aliphatic rings. The third kappa shape index (κ3) is 3.20. The van der Waals surface area contributed by atoms with Crippen LogP contribution >= 0.6 is 11.3 Å². The van der Waals surface area contributed by atoms with E-state index in [9.17, 15) is 4.79 Å². The molecule has 6 nitrogen and oxygen atoms in total. The largest absolute Gasteiger partial charge is 0.477 e. The molecule has 2 aromatic rings. The lowest BCUT2D eigenvalue weighted by Gasteiger charge is -2.35. The quantitative estimate of drug-likeness (QED) is 0.924. The molecule has 0 aliphatic carbocycles. The molecule has 1 fully saturated rings. The first-order chi connectivity index (χ1) is 10.2. The number of aromatic carboxylic acids is 1. The Bertz CT molecular complexity index is 608. The van der Waals surface area contributed by atoms with Gasteiger partial charge in [-0.05, 0) is 17.0 Å². The van der Waals surface area contributed by atoms with Crippen LogP contribution in [0.5, 0.6) is 0 Å². The number of hydrogen-bond acceptors (Lipinski definition) is 6. The highest BCUT2D eigenvalue weighted by Gasteiger charge is 2.20. The summed E-state index contributed by atoms with van der Waals surface area (Å²) in [6, 6.07) is 1.91. The molecule has 0 amide bonds. The summed E-state index contributed by atoms with van der Waals surface area (Å²) in [7, 11) is 0. The van der Waals surface area contributed by atoms with E-state index < -0.39 is 5.97 Å². The fraction of sp³-hybridized carbons (Fsp3) is 0.357. The third-order valence-corrected chi connectivity index (χ3v) is 4.53. The van der Waals surface area contributed by atoms with Crippen LogP contribution in [0.2, 0.25) is 0 Å². The molecule has 0 radical (unpaired) electrons. The van der Waals surface area contributed by atoms with Gasteiger partial charge in [-0.15, -0.1) is 11.3 Å². The molecule has 2 aromatic heterocycles. The number of hydrogen-bond donors (Lipinski definition) is 1. The normalized spacial score (nSPS) is 16.1. The average Bonchev–Trinajstić information content (AvgIpc) is 2.97. The number of carbonyl (C=O) groups is 1. The van der Waals surface area contributed by atoms with Crippen LogP contribution in [0, 0.1) is 0 Å². The van der Waals surface area contributed by atoms with Crippen molar-refractivity contribution in [3.8, 4) is 0 Å². The first kappa shape index (κ1) is 14.0. The van der Waals surface area contributed by atoms with E-state index in [1.165, 1.54) is 11.3 Å². The second-order valence-corrected chi connectivity index (χ2v) is 5.82. The average molecular weight is 304 g/mol. The highest BCUT2D eigenvalue weighted by Crippen LogP contribution is 2.20. The minimum atomic E-state index is -0.835. The summed E-state index contributed by atoms with van der Waals surface area (Å²) < 4.78 is 0. The van der Waals surface area contributed by atoms with Gasteiger partial charge >= 0.3 is 5.97 Å². The molecule has 0 atom stereocenters. The maximum atomic E-state index is 11.1. The Kier molecular flexibility index (Phi) is 4.12. The number of nitrogens with zero attached hydrogens (tertiary/aromatic N) is 4. The minimum Gasteiger partial charge on any atom is -0.477 e. The molecule has 1 aliphatic heterocycles. The van der Waals surface area contributed by atoms with Crippen molar-refractivity contribution in [3.05, 3.63) is 40.5 Å². The lowest BCUT2D eigenvalue weighted by molar-refractivity contribution is 0.0700. The summed E-state index contributed by atoms with van der Waals surface area (Å²) in [5, 5.41) is 11.0. The van der Waals surface area contributed by atoms with Crippen LogP contribution in [-0.2, 0) is 6.54 Å². The topological polar surface area (TPSA) is 69.6 Å². The predicted molar refractivity (Wildman–Crippen MR) is 80.8 cm³/mol. The second-order valence-electron chi connectivity index (χ2n) is 4.91. The van der Waals surface area contributed by atoms with Gasteiger partial charge in [0.05, 0.1) is 6.20 Å². The molecule has 7 heteroatoms. The van der Waals surface area contributed by atoms with Gasteiger partial charge in [0, 0.05) is 45.1 Å². The Morgan fingerprint density at radius 3 is 2.76 bits per heavy atom. The van der Waals surface area contributed by atoms with Gasteiger partial charge in [-0.1, -0.05) is 0 Å². The van der Waals surface area contributed by atoms with Gasteiger partial charge < -0.3 is 10.0 Å². The molecule has 1 saturated heterocycles. The van der Waals surface area contributed by atoms with Gasteiger partial charge in [0.2, 0.25) is 0 Å². The van der Waals surface area contributed by atoms with Crippen LogP contribution in [0.3, 0.4) is 0 Å². The molecule has 3 rings (SSSR count). The molecular weight excluding hydrogens is 288 g/mol. The van der Waals surface area contributed by atoms with Crippen LogP contribution in [0.4, 0.5) is 5.82 Å². The number of thiophene rings is 1. The summed E-state index contributed by atoms with van der Waals surface area (Å²) in [5.74, 6) is 0.0668. The lowest BCUT2D eigenvalue weighted by atomic mass is 10.2. The smallest absolute Gasteiger partial charge is 0.346 e. The SMILES string of the molecule is O=C(O)c1sccc1CN1CCN(c2cnccn2)CC1. The first-order valence-electron chi connectivity index (χ1n) is 6.77. The summed E-state index contributed by atoms with van der Waals surface area (Å²) >= 11 is 1.29. The zero-order chi connectivity index (χ0) is 14.7.